The summed E-state index contributed by atoms with van der Waals surface area (Å²) in [4.78, 5) is 29.2. The summed E-state index contributed by atoms with van der Waals surface area (Å²) in [6.45, 7) is 0.326. The van der Waals surface area contributed by atoms with Crippen LogP contribution in [0.5, 0.6) is 0 Å². The molecule has 1 fully saturated rings. The monoisotopic (exact) mass is 365 g/mol. The van der Waals surface area contributed by atoms with Crippen LogP contribution < -0.4 is 11.3 Å². The molecule has 0 radical (unpaired) electrons. The van der Waals surface area contributed by atoms with E-state index in [9.17, 15) is 24.3 Å². The molecule has 1 aliphatic heterocycles. The number of anilines is 1. The normalized spacial score (nSPS) is 29.3. The smallest absolute Gasteiger partial charge is 0.261 e. The second kappa shape index (κ2) is 6.49. The zero-order valence-electron chi connectivity index (χ0n) is 13.6. The summed E-state index contributed by atoms with van der Waals surface area (Å²) in [5, 5.41) is 24.3. The molecule has 10 nitrogen and oxygen atoms in total. The fourth-order valence-electron chi connectivity index (χ4n) is 3.00. The number of nitrogens with one attached hydrogen (secondary N) is 1. The molecule has 0 aliphatic carbocycles. The van der Waals surface area contributed by atoms with Crippen molar-refractivity contribution in [2.75, 3.05) is 12.4 Å². The van der Waals surface area contributed by atoms with Gasteiger partial charge in [-0.3, -0.25) is 9.78 Å². The summed E-state index contributed by atoms with van der Waals surface area (Å²) >= 11 is 0. The molecule has 5 atom stereocenters. The lowest BCUT2D eigenvalue weighted by Crippen LogP contribution is -2.47. The highest BCUT2D eigenvalue weighted by Crippen LogP contribution is 2.41. The van der Waals surface area contributed by atoms with Gasteiger partial charge in [-0.1, -0.05) is 17.0 Å². The molecule has 11 heteroatoms. The van der Waals surface area contributed by atoms with Gasteiger partial charge in [0.05, 0.1) is 5.39 Å². The lowest BCUT2D eigenvalue weighted by atomic mass is 9.92. The number of aromatic amines is 1. The first kappa shape index (κ1) is 18.0. The Morgan fingerprint density at radius 2 is 2.38 bits per heavy atom. The van der Waals surface area contributed by atoms with E-state index in [-0.39, 0.29) is 17.0 Å². The largest absolute Gasteiger partial charge is 0.386 e. The SMILES string of the molecule is C[C@@H](N=O)[C@H]1O[C@@H](n2ccc3c(=O)[nH]c(N)nc32)[C@@](O)(C#CCF)C1O. The molecular formula is C15H16FN5O5. The number of hydrogen-bond donors (Lipinski definition) is 4. The number of rotatable bonds is 3. The molecule has 3 rings (SSSR count). The Labute approximate surface area is 145 Å². The Balaban J connectivity index is 2.18. The number of nitrogens with two attached hydrogens (primary N) is 1. The van der Waals surface area contributed by atoms with Crippen LogP contribution in [-0.4, -0.2) is 55.3 Å². The number of hydrogen-bond acceptors (Lipinski definition) is 8. The number of ether oxygens (including phenoxy) is 1. The molecule has 2 aromatic heterocycles. The maximum atomic E-state index is 12.5. The van der Waals surface area contributed by atoms with Crippen LogP contribution in [-0.2, 0) is 4.74 Å². The summed E-state index contributed by atoms with van der Waals surface area (Å²) in [7, 11) is 0. The van der Waals surface area contributed by atoms with Crippen molar-refractivity contribution in [3.05, 3.63) is 27.5 Å². The van der Waals surface area contributed by atoms with E-state index in [2.05, 4.69) is 27.0 Å². The van der Waals surface area contributed by atoms with Crippen molar-refractivity contribution in [3.8, 4) is 11.8 Å². The third kappa shape index (κ3) is 2.64. The number of alkyl halides is 1. The molecule has 3 heterocycles. The summed E-state index contributed by atoms with van der Waals surface area (Å²) in [6.07, 6.45) is -2.85. The number of fused-ring (bicyclic) bond motifs is 1. The van der Waals surface area contributed by atoms with Crippen LogP contribution in [0.1, 0.15) is 13.2 Å². The fraction of sp³-hybridized carbons (Fsp3) is 0.467. The second-order valence-electron chi connectivity index (χ2n) is 5.92. The Morgan fingerprint density at radius 3 is 3.04 bits per heavy atom. The van der Waals surface area contributed by atoms with Crippen LogP contribution in [0.3, 0.4) is 0 Å². The van der Waals surface area contributed by atoms with Gasteiger partial charge in [0.2, 0.25) is 5.95 Å². The van der Waals surface area contributed by atoms with Gasteiger partial charge in [0, 0.05) is 6.20 Å². The van der Waals surface area contributed by atoms with E-state index in [1.165, 1.54) is 23.8 Å². The van der Waals surface area contributed by atoms with Gasteiger partial charge in [-0.25, -0.2) is 4.39 Å². The van der Waals surface area contributed by atoms with Crippen LogP contribution in [0.15, 0.2) is 22.2 Å². The first-order valence-electron chi connectivity index (χ1n) is 7.64. The van der Waals surface area contributed by atoms with Gasteiger partial charge < -0.3 is 25.3 Å². The molecule has 0 aromatic carbocycles. The minimum Gasteiger partial charge on any atom is -0.386 e. The number of aromatic nitrogens is 3. The molecule has 0 amide bonds. The van der Waals surface area contributed by atoms with Gasteiger partial charge in [-0.15, -0.1) is 0 Å². The van der Waals surface area contributed by atoms with Gasteiger partial charge in [-0.05, 0) is 13.0 Å². The predicted octanol–water partition coefficient (Wildman–Crippen LogP) is -0.576. The Bertz CT molecular complexity index is 963. The lowest BCUT2D eigenvalue weighted by molar-refractivity contribution is -0.0693. The van der Waals surface area contributed by atoms with E-state index >= 15 is 0 Å². The summed E-state index contributed by atoms with van der Waals surface area (Å²) in [5.41, 5.74) is 2.85. The Morgan fingerprint density at radius 1 is 1.65 bits per heavy atom. The Hall–Kier alpha value is -2.81. The topological polar surface area (TPSA) is 156 Å². The molecule has 5 N–H and O–H groups in total. The highest BCUT2D eigenvalue weighted by Gasteiger charge is 2.57. The zero-order chi connectivity index (χ0) is 19.1. The molecule has 0 spiro atoms. The van der Waals surface area contributed by atoms with E-state index in [1.54, 1.807) is 0 Å². The van der Waals surface area contributed by atoms with Crippen molar-refractivity contribution in [1.29, 1.82) is 0 Å². The average molecular weight is 365 g/mol. The number of nitroso groups, excluding NO2 is 1. The number of nitrogens with zero attached hydrogens (tertiary/aromatic N) is 3. The van der Waals surface area contributed by atoms with E-state index < -0.39 is 42.3 Å². The van der Waals surface area contributed by atoms with Crippen molar-refractivity contribution in [2.45, 2.75) is 37.0 Å². The highest BCUT2D eigenvalue weighted by atomic mass is 19.1. The van der Waals surface area contributed by atoms with Crippen molar-refractivity contribution in [1.82, 2.24) is 14.5 Å². The second-order valence-corrected chi connectivity index (χ2v) is 5.92. The first-order valence-corrected chi connectivity index (χ1v) is 7.64. The maximum Gasteiger partial charge on any atom is 0.261 e. The highest BCUT2D eigenvalue weighted by molar-refractivity contribution is 5.76. The molecule has 138 valence electrons. The van der Waals surface area contributed by atoms with Crippen molar-refractivity contribution in [2.24, 2.45) is 5.18 Å². The van der Waals surface area contributed by atoms with Gasteiger partial charge in [-0.2, -0.15) is 9.89 Å². The van der Waals surface area contributed by atoms with E-state index in [0.29, 0.717) is 0 Å². The molecule has 2 aromatic rings. The molecule has 1 aliphatic rings. The van der Waals surface area contributed by atoms with Crippen LogP contribution in [0.4, 0.5) is 10.3 Å². The molecular weight excluding hydrogens is 349 g/mol. The average Bonchev–Trinajstić information content (AvgIpc) is 3.13. The quantitative estimate of drug-likeness (QED) is 0.419. The van der Waals surface area contributed by atoms with Gasteiger partial charge >= 0.3 is 0 Å². The number of nitrogen functional groups attached to an aromatic ring is 1. The van der Waals surface area contributed by atoms with Crippen molar-refractivity contribution < 1.29 is 19.3 Å². The lowest BCUT2D eigenvalue weighted by Gasteiger charge is -2.26. The molecule has 26 heavy (non-hydrogen) atoms. The summed E-state index contributed by atoms with van der Waals surface area (Å²) in [5.74, 6) is 4.14. The number of halogens is 1. The number of aliphatic hydroxyl groups is 2. The number of H-pyrrole nitrogens is 1. The molecule has 0 bridgehead atoms. The molecule has 1 unspecified atom stereocenters. The van der Waals surface area contributed by atoms with E-state index in [4.69, 9.17) is 10.5 Å². The standard InChI is InChI=1S/C15H16FN5O5/c1-7(20-25)9-10(22)15(24,4-2-5-16)13(26-9)21-6-3-8-11(21)18-14(17)19-12(8)23/h3,6-7,9-10,13,22,24H,5H2,1H3,(H3,17,18,19,23)/t7-,9-,10?,13-,15-/m1/s1. The fourth-order valence-corrected chi connectivity index (χ4v) is 3.00. The maximum absolute atomic E-state index is 12.5. The van der Waals surface area contributed by atoms with Gasteiger partial charge in [0.25, 0.3) is 5.56 Å². The van der Waals surface area contributed by atoms with Gasteiger partial charge in [0.15, 0.2) is 17.5 Å². The van der Waals surface area contributed by atoms with E-state index in [0.717, 1.165) is 0 Å². The summed E-state index contributed by atoms with van der Waals surface area (Å²) < 4.78 is 19.4. The van der Waals surface area contributed by atoms with Gasteiger partial charge in [0.1, 0.15) is 24.9 Å². The third-order valence-corrected chi connectivity index (χ3v) is 4.27. The first-order chi connectivity index (χ1) is 12.3. The summed E-state index contributed by atoms with van der Waals surface area (Å²) in [6, 6.07) is 0.394. The van der Waals surface area contributed by atoms with Crippen LogP contribution in [0.25, 0.3) is 11.0 Å². The third-order valence-electron chi connectivity index (χ3n) is 4.27. The molecule has 0 saturated carbocycles. The van der Waals surface area contributed by atoms with Crippen molar-refractivity contribution in [3.63, 3.8) is 0 Å². The zero-order valence-corrected chi connectivity index (χ0v) is 13.6. The van der Waals surface area contributed by atoms with E-state index in [1.807, 2.05) is 0 Å². The van der Waals surface area contributed by atoms with Crippen molar-refractivity contribution >= 4 is 17.0 Å². The predicted molar refractivity (Wildman–Crippen MR) is 88.6 cm³/mol. The minimum absolute atomic E-state index is 0.0660. The van der Waals surface area contributed by atoms with Crippen LogP contribution in [0.2, 0.25) is 0 Å². The van der Waals surface area contributed by atoms with Crippen LogP contribution >= 0.6 is 0 Å². The Kier molecular flexibility index (Phi) is 4.49. The number of aliphatic hydroxyl groups excluding tert-OH is 1. The molecule has 1 saturated heterocycles. The minimum atomic E-state index is -2.26. The van der Waals surface area contributed by atoms with Crippen LogP contribution in [0, 0.1) is 16.7 Å².